The van der Waals surface area contributed by atoms with Crippen molar-refractivity contribution in [3.63, 3.8) is 0 Å². The fraction of sp³-hybridized carbons (Fsp3) is 0.0769. The highest BCUT2D eigenvalue weighted by molar-refractivity contribution is 14.1. The maximum absolute atomic E-state index is 11.8. The monoisotopic (exact) mass is 388 g/mol. The smallest absolute Gasteiger partial charge is 0.272 e. The van der Waals surface area contributed by atoms with Crippen LogP contribution in [-0.2, 0) is 0 Å². The van der Waals surface area contributed by atoms with Gasteiger partial charge in [-0.15, -0.1) is 0 Å². The molecule has 0 saturated carbocycles. The molecule has 98 valence electrons. The first kappa shape index (κ1) is 14.1. The Balaban J connectivity index is 2.03. The number of hydrogen-bond donors (Lipinski definition) is 1. The summed E-state index contributed by atoms with van der Waals surface area (Å²) in [6, 6.07) is 8.78. The predicted molar refractivity (Wildman–Crippen MR) is 82.7 cm³/mol. The van der Waals surface area contributed by atoms with Gasteiger partial charge in [-0.25, -0.2) is 5.43 Å². The van der Waals surface area contributed by atoms with Gasteiger partial charge in [-0.1, -0.05) is 17.7 Å². The highest BCUT2D eigenvalue weighted by Crippen LogP contribution is 2.17. The van der Waals surface area contributed by atoms with Crippen LogP contribution >= 0.6 is 34.2 Å². The number of benzene rings is 1. The highest BCUT2D eigenvalue weighted by atomic mass is 127. The zero-order valence-corrected chi connectivity index (χ0v) is 12.9. The number of aryl methyl sites for hydroxylation is 1. The Labute approximate surface area is 129 Å². The first-order chi connectivity index (χ1) is 9.06. The molecule has 2 rings (SSSR count). The minimum absolute atomic E-state index is 0.359. The van der Waals surface area contributed by atoms with Crippen LogP contribution in [0.5, 0.6) is 0 Å². The summed E-state index contributed by atoms with van der Waals surface area (Å²) >= 11 is 8.04. The number of furan rings is 1. The molecule has 0 saturated heterocycles. The number of carbonyl (C=O) groups excluding carboxylic acids is 1. The van der Waals surface area contributed by atoms with E-state index in [1.54, 1.807) is 24.3 Å². The number of rotatable bonds is 3. The summed E-state index contributed by atoms with van der Waals surface area (Å²) in [5.41, 5.74) is 3.78. The van der Waals surface area contributed by atoms with Crippen molar-refractivity contribution in [2.75, 3.05) is 0 Å². The van der Waals surface area contributed by atoms with Crippen molar-refractivity contribution in [1.82, 2.24) is 5.43 Å². The summed E-state index contributed by atoms with van der Waals surface area (Å²) in [7, 11) is 0. The Morgan fingerprint density at radius 3 is 2.84 bits per heavy atom. The fourth-order valence-corrected chi connectivity index (χ4v) is 2.17. The van der Waals surface area contributed by atoms with Crippen LogP contribution in [0.4, 0.5) is 0 Å². The molecule has 6 heteroatoms. The molecule has 0 atom stereocenters. The number of nitrogens with zero attached hydrogens (tertiary/aromatic N) is 1. The van der Waals surface area contributed by atoms with Crippen LogP contribution in [0.15, 0.2) is 39.9 Å². The van der Waals surface area contributed by atoms with E-state index in [1.165, 1.54) is 6.21 Å². The lowest BCUT2D eigenvalue weighted by molar-refractivity contribution is 0.0955. The second-order valence-electron chi connectivity index (χ2n) is 3.82. The van der Waals surface area contributed by atoms with Crippen molar-refractivity contribution in [1.29, 1.82) is 0 Å². The molecule has 0 aliphatic carbocycles. The topological polar surface area (TPSA) is 54.6 Å². The normalized spacial score (nSPS) is 10.9. The third-order valence-electron chi connectivity index (χ3n) is 2.32. The summed E-state index contributed by atoms with van der Waals surface area (Å²) in [6.07, 6.45) is 1.43. The van der Waals surface area contributed by atoms with Crippen molar-refractivity contribution in [3.8, 4) is 0 Å². The predicted octanol–water partition coefficient (Wildman–Crippen LogP) is 3.61. The zero-order valence-electron chi connectivity index (χ0n) is 9.98. The molecule has 1 aromatic heterocycles. The molecule has 1 heterocycles. The fourth-order valence-electron chi connectivity index (χ4n) is 1.42. The number of halogens is 2. The molecule has 0 bridgehead atoms. The van der Waals surface area contributed by atoms with E-state index < -0.39 is 0 Å². The summed E-state index contributed by atoms with van der Waals surface area (Å²) in [5.74, 6) is 0.210. The van der Waals surface area contributed by atoms with Gasteiger partial charge in [-0.2, -0.15) is 5.10 Å². The number of nitrogens with one attached hydrogen (secondary N) is 1. The maximum Gasteiger partial charge on any atom is 0.272 e. The highest BCUT2D eigenvalue weighted by Gasteiger charge is 2.09. The summed E-state index contributed by atoms with van der Waals surface area (Å²) in [6.45, 7) is 1.91. The quantitative estimate of drug-likeness (QED) is 0.496. The van der Waals surface area contributed by atoms with E-state index >= 15 is 0 Å². The van der Waals surface area contributed by atoms with Crippen LogP contribution in [0.1, 0.15) is 21.7 Å². The molecule has 4 nitrogen and oxygen atoms in total. The first-order valence-electron chi connectivity index (χ1n) is 5.41. The average molecular weight is 389 g/mol. The second-order valence-corrected chi connectivity index (χ2v) is 5.29. The van der Waals surface area contributed by atoms with Gasteiger partial charge in [0.25, 0.3) is 5.91 Å². The number of amides is 1. The molecule has 19 heavy (non-hydrogen) atoms. The third kappa shape index (κ3) is 3.81. The average Bonchev–Trinajstić information content (AvgIpc) is 2.75. The van der Waals surface area contributed by atoms with E-state index in [0.717, 1.165) is 9.33 Å². The van der Waals surface area contributed by atoms with Crippen LogP contribution in [0.25, 0.3) is 0 Å². The van der Waals surface area contributed by atoms with E-state index in [0.29, 0.717) is 16.3 Å². The largest absolute Gasteiger partial charge is 0.449 e. The lowest BCUT2D eigenvalue weighted by Gasteiger charge is -2.03. The Bertz CT molecular complexity index is 637. The Morgan fingerprint density at radius 1 is 1.42 bits per heavy atom. The van der Waals surface area contributed by atoms with Gasteiger partial charge in [-0.05, 0) is 59.3 Å². The van der Waals surface area contributed by atoms with Crippen molar-refractivity contribution in [2.45, 2.75) is 6.92 Å². The Morgan fingerprint density at radius 2 is 2.21 bits per heavy atom. The van der Waals surface area contributed by atoms with Gasteiger partial charge in [0.15, 0.2) is 3.77 Å². The molecule has 0 fully saturated rings. The molecular weight excluding hydrogens is 379 g/mol. The van der Waals surface area contributed by atoms with Crippen molar-refractivity contribution in [2.24, 2.45) is 5.10 Å². The summed E-state index contributed by atoms with van der Waals surface area (Å²) < 4.78 is 6.03. The third-order valence-corrected chi connectivity index (χ3v) is 3.21. The maximum atomic E-state index is 11.8. The molecule has 0 unspecified atom stereocenters. The van der Waals surface area contributed by atoms with Crippen molar-refractivity contribution >= 4 is 46.3 Å². The Hall–Kier alpha value is -1.34. The van der Waals surface area contributed by atoms with E-state index in [-0.39, 0.29) is 5.91 Å². The lowest BCUT2D eigenvalue weighted by Crippen LogP contribution is -2.18. The van der Waals surface area contributed by atoms with E-state index in [4.69, 9.17) is 16.0 Å². The van der Waals surface area contributed by atoms with Crippen LogP contribution < -0.4 is 5.43 Å². The van der Waals surface area contributed by atoms with E-state index in [9.17, 15) is 4.79 Å². The Kier molecular flexibility index (Phi) is 4.60. The molecule has 1 aromatic carbocycles. The van der Waals surface area contributed by atoms with Gasteiger partial charge in [0, 0.05) is 0 Å². The molecule has 1 N–H and O–H groups in total. The summed E-state index contributed by atoms with van der Waals surface area (Å²) in [4.78, 5) is 11.8. The SMILES string of the molecule is Cc1ccc(C(=O)N/N=C\c2ccc(I)o2)c(Cl)c1. The van der Waals surface area contributed by atoms with Crippen LogP contribution in [0, 0.1) is 10.7 Å². The van der Waals surface area contributed by atoms with Gasteiger partial charge < -0.3 is 4.42 Å². The molecule has 0 aliphatic rings. The van der Waals surface area contributed by atoms with Crippen molar-refractivity contribution in [3.05, 3.63) is 56.0 Å². The number of hydrazone groups is 1. The van der Waals surface area contributed by atoms with Crippen LogP contribution in [0.3, 0.4) is 0 Å². The number of hydrogen-bond acceptors (Lipinski definition) is 3. The van der Waals surface area contributed by atoms with E-state index in [2.05, 4.69) is 10.5 Å². The molecule has 0 radical (unpaired) electrons. The van der Waals surface area contributed by atoms with Gasteiger partial charge in [0.05, 0.1) is 16.8 Å². The standard InChI is InChI=1S/C13H10ClIN2O2/c1-8-2-4-10(11(14)6-8)13(18)17-16-7-9-3-5-12(15)19-9/h2-7H,1H3,(H,17,18)/b16-7-. The minimum Gasteiger partial charge on any atom is -0.449 e. The summed E-state index contributed by atoms with van der Waals surface area (Å²) in [5, 5.41) is 4.22. The van der Waals surface area contributed by atoms with E-state index in [1.807, 2.05) is 35.6 Å². The van der Waals surface area contributed by atoms with Crippen LogP contribution in [-0.4, -0.2) is 12.1 Å². The second kappa shape index (κ2) is 6.21. The van der Waals surface area contributed by atoms with Crippen molar-refractivity contribution < 1.29 is 9.21 Å². The van der Waals surface area contributed by atoms with Gasteiger partial charge in [0.1, 0.15) is 5.76 Å². The first-order valence-corrected chi connectivity index (χ1v) is 6.87. The van der Waals surface area contributed by atoms with Gasteiger partial charge in [0.2, 0.25) is 0 Å². The van der Waals surface area contributed by atoms with Crippen LogP contribution in [0.2, 0.25) is 5.02 Å². The number of carbonyl (C=O) groups is 1. The lowest BCUT2D eigenvalue weighted by atomic mass is 10.1. The molecule has 0 aliphatic heterocycles. The molecule has 1 amide bonds. The molecular formula is C13H10ClIN2O2. The van der Waals surface area contributed by atoms with Gasteiger partial charge >= 0.3 is 0 Å². The minimum atomic E-state index is -0.359. The zero-order chi connectivity index (χ0) is 13.8. The molecule has 2 aromatic rings. The molecule has 0 spiro atoms. The van der Waals surface area contributed by atoms with Gasteiger partial charge in [-0.3, -0.25) is 4.79 Å².